The number of aryl methyl sites for hydroxylation is 1. The SMILES string of the molecule is Cc1nccn1-c1cc(N2CCC(C(=O)N3CCN(C/C=C/c4ccccc4)CC3)CC2)ncn1. The number of amides is 1. The summed E-state index contributed by atoms with van der Waals surface area (Å²) in [6.07, 6.45) is 11.4. The number of aromatic nitrogens is 4. The van der Waals surface area contributed by atoms with Crippen molar-refractivity contribution >= 4 is 17.8 Å². The van der Waals surface area contributed by atoms with E-state index in [2.05, 4.69) is 66.1 Å². The van der Waals surface area contributed by atoms with Gasteiger partial charge in [-0.05, 0) is 25.3 Å². The van der Waals surface area contributed by atoms with Gasteiger partial charge in [0.15, 0.2) is 0 Å². The first-order valence-electron chi connectivity index (χ1n) is 12.5. The van der Waals surface area contributed by atoms with E-state index in [0.29, 0.717) is 5.91 Å². The van der Waals surface area contributed by atoms with Gasteiger partial charge in [0, 0.05) is 70.2 Å². The van der Waals surface area contributed by atoms with E-state index in [1.165, 1.54) is 5.56 Å². The molecule has 0 saturated carbocycles. The van der Waals surface area contributed by atoms with Gasteiger partial charge in [0.1, 0.15) is 23.8 Å². The number of carbonyl (C=O) groups is 1. The van der Waals surface area contributed by atoms with Gasteiger partial charge < -0.3 is 9.80 Å². The Bertz CT molecular complexity index is 1140. The molecule has 2 saturated heterocycles. The topological polar surface area (TPSA) is 70.4 Å². The number of nitrogens with zero attached hydrogens (tertiary/aromatic N) is 7. The van der Waals surface area contributed by atoms with E-state index in [1.807, 2.05) is 29.8 Å². The van der Waals surface area contributed by atoms with Crippen LogP contribution in [0.1, 0.15) is 24.2 Å². The molecule has 0 bridgehead atoms. The Hall–Kier alpha value is -3.52. The number of hydrogen-bond acceptors (Lipinski definition) is 6. The first kappa shape index (κ1) is 23.2. The summed E-state index contributed by atoms with van der Waals surface area (Å²) in [6, 6.07) is 12.4. The van der Waals surface area contributed by atoms with Crippen LogP contribution in [0.4, 0.5) is 5.82 Å². The number of anilines is 1. The maximum atomic E-state index is 13.2. The number of carbonyl (C=O) groups excluding carboxylic acids is 1. The van der Waals surface area contributed by atoms with Crippen LogP contribution >= 0.6 is 0 Å². The molecule has 5 rings (SSSR count). The molecule has 2 aliphatic rings. The third-order valence-corrected chi connectivity index (χ3v) is 7.04. The van der Waals surface area contributed by atoms with Crippen LogP contribution < -0.4 is 4.90 Å². The van der Waals surface area contributed by atoms with Crippen LogP contribution in [-0.2, 0) is 4.79 Å². The zero-order chi connectivity index (χ0) is 24.0. The lowest BCUT2D eigenvalue weighted by molar-refractivity contribution is -0.137. The van der Waals surface area contributed by atoms with Crippen molar-refractivity contribution < 1.29 is 4.79 Å². The van der Waals surface area contributed by atoms with E-state index in [0.717, 1.165) is 76.1 Å². The standard InChI is InChI=1S/C27H33N7O/c1-22-28-11-15-34(22)26-20-25(29-21-30-26)32-13-9-24(10-14-32)27(35)33-18-16-31(17-19-33)12-5-8-23-6-3-2-4-7-23/h2-8,11,15,20-21,24H,9-10,12-14,16-19H2,1H3/b8-5+. The summed E-state index contributed by atoms with van der Waals surface area (Å²) < 4.78 is 1.96. The van der Waals surface area contributed by atoms with Gasteiger partial charge in [0.05, 0.1) is 0 Å². The van der Waals surface area contributed by atoms with Crippen LogP contribution in [0.15, 0.2) is 61.2 Å². The molecule has 8 heteroatoms. The highest BCUT2D eigenvalue weighted by Gasteiger charge is 2.30. The van der Waals surface area contributed by atoms with Crippen molar-refractivity contribution in [1.82, 2.24) is 29.3 Å². The summed E-state index contributed by atoms with van der Waals surface area (Å²) in [5, 5.41) is 0. The first-order valence-corrected chi connectivity index (χ1v) is 12.5. The van der Waals surface area contributed by atoms with E-state index in [-0.39, 0.29) is 5.92 Å². The lowest BCUT2D eigenvalue weighted by Crippen LogP contribution is -2.51. The molecule has 0 atom stereocenters. The van der Waals surface area contributed by atoms with Crippen LogP contribution in [0.3, 0.4) is 0 Å². The zero-order valence-corrected chi connectivity index (χ0v) is 20.3. The van der Waals surface area contributed by atoms with E-state index < -0.39 is 0 Å². The molecular weight excluding hydrogens is 438 g/mol. The number of piperidine rings is 1. The quantitative estimate of drug-likeness (QED) is 0.550. The van der Waals surface area contributed by atoms with Gasteiger partial charge in [-0.2, -0.15) is 0 Å². The molecule has 0 spiro atoms. The predicted octanol–water partition coefficient (Wildman–Crippen LogP) is 3.04. The monoisotopic (exact) mass is 471 g/mol. The maximum absolute atomic E-state index is 13.2. The molecule has 0 N–H and O–H groups in total. The number of benzene rings is 1. The Kier molecular flexibility index (Phi) is 7.18. The van der Waals surface area contributed by atoms with Crippen molar-refractivity contribution in [3.05, 3.63) is 72.6 Å². The lowest BCUT2D eigenvalue weighted by atomic mass is 9.95. The average molecular weight is 472 g/mol. The van der Waals surface area contributed by atoms with Gasteiger partial charge in [-0.1, -0.05) is 42.5 Å². The molecule has 2 aliphatic heterocycles. The van der Waals surface area contributed by atoms with E-state index in [4.69, 9.17) is 0 Å². The maximum Gasteiger partial charge on any atom is 0.225 e. The normalized spacial score (nSPS) is 17.9. The second-order valence-corrected chi connectivity index (χ2v) is 9.28. The van der Waals surface area contributed by atoms with Gasteiger partial charge >= 0.3 is 0 Å². The summed E-state index contributed by atoms with van der Waals surface area (Å²) in [4.78, 5) is 33.1. The zero-order valence-electron chi connectivity index (χ0n) is 20.3. The molecular formula is C27H33N7O. The highest BCUT2D eigenvalue weighted by Crippen LogP contribution is 2.25. The number of piperazine rings is 1. The molecule has 1 aromatic carbocycles. The Labute approximate surface area is 206 Å². The molecule has 4 heterocycles. The van der Waals surface area contributed by atoms with E-state index >= 15 is 0 Å². The van der Waals surface area contributed by atoms with Crippen molar-refractivity contribution in [2.24, 2.45) is 5.92 Å². The van der Waals surface area contributed by atoms with Crippen LogP contribution in [0.2, 0.25) is 0 Å². The second kappa shape index (κ2) is 10.8. The van der Waals surface area contributed by atoms with Crippen molar-refractivity contribution in [1.29, 1.82) is 0 Å². The molecule has 182 valence electrons. The average Bonchev–Trinajstić information content (AvgIpc) is 3.35. The summed E-state index contributed by atoms with van der Waals surface area (Å²) in [6.45, 7) is 8.05. The van der Waals surface area contributed by atoms with Crippen molar-refractivity contribution in [3.8, 4) is 5.82 Å². The fourth-order valence-corrected chi connectivity index (χ4v) is 4.93. The van der Waals surface area contributed by atoms with E-state index in [9.17, 15) is 4.79 Å². The Morgan fingerprint density at radius 2 is 1.71 bits per heavy atom. The smallest absolute Gasteiger partial charge is 0.225 e. The number of imidazole rings is 1. The number of hydrogen-bond donors (Lipinski definition) is 0. The minimum absolute atomic E-state index is 0.105. The van der Waals surface area contributed by atoms with E-state index in [1.54, 1.807) is 12.5 Å². The fourth-order valence-electron chi connectivity index (χ4n) is 4.93. The minimum atomic E-state index is 0.105. The molecule has 2 aromatic heterocycles. The predicted molar refractivity (Wildman–Crippen MR) is 137 cm³/mol. The molecule has 0 aliphatic carbocycles. The van der Waals surface area contributed by atoms with Crippen LogP contribution in [0, 0.1) is 12.8 Å². The third-order valence-electron chi connectivity index (χ3n) is 7.04. The van der Waals surface area contributed by atoms with Gasteiger partial charge in [0.2, 0.25) is 5.91 Å². The first-order chi connectivity index (χ1) is 17.2. The van der Waals surface area contributed by atoms with Crippen LogP contribution in [0.25, 0.3) is 11.9 Å². The van der Waals surface area contributed by atoms with Gasteiger partial charge in [-0.15, -0.1) is 0 Å². The molecule has 0 unspecified atom stereocenters. The van der Waals surface area contributed by atoms with Crippen LogP contribution in [0.5, 0.6) is 0 Å². The van der Waals surface area contributed by atoms with Crippen molar-refractivity contribution in [3.63, 3.8) is 0 Å². The largest absolute Gasteiger partial charge is 0.356 e. The van der Waals surface area contributed by atoms with Crippen molar-refractivity contribution in [2.75, 3.05) is 50.7 Å². The molecule has 2 fully saturated rings. The Morgan fingerprint density at radius 3 is 2.43 bits per heavy atom. The van der Waals surface area contributed by atoms with Crippen LogP contribution in [-0.4, -0.2) is 81.0 Å². The molecule has 8 nitrogen and oxygen atoms in total. The molecule has 3 aromatic rings. The highest BCUT2D eigenvalue weighted by atomic mass is 16.2. The van der Waals surface area contributed by atoms with Gasteiger partial charge in [-0.25, -0.2) is 15.0 Å². The summed E-state index contributed by atoms with van der Waals surface area (Å²) in [7, 11) is 0. The third kappa shape index (κ3) is 5.59. The number of rotatable bonds is 6. The summed E-state index contributed by atoms with van der Waals surface area (Å²) in [5.74, 6) is 3.05. The fraction of sp³-hybridized carbons (Fsp3) is 0.407. The Morgan fingerprint density at radius 1 is 0.971 bits per heavy atom. The highest BCUT2D eigenvalue weighted by molar-refractivity contribution is 5.79. The molecule has 35 heavy (non-hydrogen) atoms. The lowest BCUT2D eigenvalue weighted by Gasteiger charge is -2.38. The van der Waals surface area contributed by atoms with Gasteiger partial charge in [0.25, 0.3) is 0 Å². The summed E-state index contributed by atoms with van der Waals surface area (Å²) in [5.41, 5.74) is 1.22. The Balaban J connectivity index is 1.09. The van der Waals surface area contributed by atoms with Gasteiger partial charge in [-0.3, -0.25) is 14.3 Å². The second-order valence-electron chi connectivity index (χ2n) is 9.28. The minimum Gasteiger partial charge on any atom is -0.356 e. The molecule has 0 radical (unpaired) electrons. The van der Waals surface area contributed by atoms with Crippen molar-refractivity contribution in [2.45, 2.75) is 19.8 Å². The molecule has 1 amide bonds. The summed E-state index contributed by atoms with van der Waals surface area (Å²) >= 11 is 0.